The van der Waals surface area contributed by atoms with Gasteiger partial charge in [-0.05, 0) is 42.5 Å². The summed E-state index contributed by atoms with van der Waals surface area (Å²) in [6, 6.07) is 13.5. The molecule has 0 aromatic heterocycles. The first-order chi connectivity index (χ1) is 10.8. The van der Waals surface area contributed by atoms with Gasteiger partial charge < -0.3 is 10.2 Å². The van der Waals surface area contributed by atoms with Crippen molar-refractivity contribution in [3.8, 4) is 0 Å². The van der Waals surface area contributed by atoms with E-state index in [-0.39, 0.29) is 16.6 Å². The van der Waals surface area contributed by atoms with E-state index in [0.29, 0.717) is 11.3 Å². The Bertz CT molecular complexity index is 797. The van der Waals surface area contributed by atoms with Gasteiger partial charge in [0.2, 0.25) is 0 Å². The highest BCUT2D eigenvalue weighted by Crippen LogP contribution is 2.18. The summed E-state index contributed by atoms with van der Waals surface area (Å²) in [5.74, 6) is -0.185. The predicted octanol–water partition coefficient (Wildman–Crippen LogP) is 2.80. The van der Waals surface area contributed by atoms with E-state index in [2.05, 4.69) is 5.32 Å². The fourth-order valence-corrected chi connectivity index (χ4v) is 2.92. The molecule has 6 heteroatoms. The van der Waals surface area contributed by atoms with E-state index in [1.165, 1.54) is 12.1 Å². The van der Waals surface area contributed by atoms with E-state index >= 15 is 0 Å². The van der Waals surface area contributed by atoms with Gasteiger partial charge in [-0.3, -0.25) is 4.79 Å². The summed E-state index contributed by atoms with van der Waals surface area (Å²) in [5, 5.41) is 2.77. The molecule has 0 unspecified atom stereocenters. The third-order valence-electron chi connectivity index (χ3n) is 3.48. The number of hydrogen-bond acceptors (Lipinski definition) is 4. The Morgan fingerprint density at radius 2 is 1.74 bits per heavy atom. The summed E-state index contributed by atoms with van der Waals surface area (Å²) < 4.78 is 23.5. The van der Waals surface area contributed by atoms with Gasteiger partial charge in [0.1, 0.15) is 0 Å². The van der Waals surface area contributed by atoms with Crippen LogP contribution in [0.3, 0.4) is 0 Å². The summed E-state index contributed by atoms with van der Waals surface area (Å²) >= 11 is 0. The Kier molecular flexibility index (Phi) is 5.05. The molecule has 0 aliphatic rings. The van der Waals surface area contributed by atoms with Crippen molar-refractivity contribution >= 4 is 27.1 Å². The number of nitrogens with one attached hydrogen (secondary N) is 1. The van der Waals surface area contributed by atoms with Crippen LogP contribution in [0, 0.1) is 0 Å². The molecule has 2 aromatic rings. The summed E-state index contributed by atoms with van der Waals surface area (Å²) in [4.78, 5) is 14.5. The average Bonchev–Trinajstić information content (AvgIpc) is 2.55. The molecule has 0 fully saturated rings. The van der Waals surface area contributed by atoms with Gasteiger partial charge >= 0.3 is 0 Å². The Hall–Kier alpha value is -2.34. The number of amides is 1. The Labute approximate surface area is 136 Å². The molecule has 0 aliphatic carbocycles. The molecular weight excluding hydrogens is 312 g/mol. The molecule has 0 radical (unpaired) electrons. The lowest BCUT2D eigenvalue weighted by atomic mass is 10.1. The van der Waals surface area contributed by atoms with Crippen LogP contribution in [0.1, 0.15) is 17.3 Å². The summed E-state index contributed by atoms with van der Waals surface area (Å²) in [6.45, 7) is 1.60. The second-order valence-electron chi connectivity index (χ2n) is 5.33. The zero-order valence-electron chi connectivity index (χ0n) is 13.4. The zero-order valence-corrected chi connectivity index (χ0v) is 14.2. The largest absolute Gasteiger partial charge is 0.378 e. The molecule has 5 nitrogen and oxygen atoms in total. The maximum absolute atomic E-state index is 12.3. The predicted molar refractivity (Wildman–Crippen MR) is 92.9 cm³/mol. The highest BCUT2D eigenvalue weighted by molar-refractivity contribution is 7.91. The molecular formula is C17H20N2O3S. The number of hydrogen-bond donors (Lipinski definition) is 1. The van der Waals surface area contributed by atoms with E-state index in [1.807, 2.05) is 31.1 Å². The van der Waals surface area contributed by atoms with Crippen LogP contribution in [0.25, 0.3) is 0 Å². The molecule has 0 atom stereocenters. The average molecular weight is 332 g/mol. The lowest BCUT2D eigenvalue weighted by molar-refractivity contribution is 0.102. The van der Waals surface area contributed by atoms with Gasteiger partial charge in [-0.1, -0.05) is 13.0 Å². The van der Waals surface area contributed by atoms with Crippen molar-refractivity contribution in [3.05, 3.63) is 54.1 Å². The molecule has 0 saturated heterocycles. The summed E-state index contributed by atoms with van der Waals surface area (Å²) in [7, 11) is 0.584. The summed E-state index contributed by atoms with van der Waals surface area (Å²) in [6.07, 6.45) is 0. The van der Waals surface area contributed by atoms with Gasteiger partial charge in [-0.25, -0.2) is 8.42 Å². The first kappa shape index (κ1) is 17.0. The molecule has 0 bridgehead atoms. The van der Waals surface area contributed by atoms with Crippen molar-refractivity contribution < 1.29 is 13.2 Å². The fraction of sp³-hybridized carbons (Fsp3) is 0.235. The van der Waals surface area contributed by atoms with Gasteiger partial charge in [0, 0.05) is 31.0 Å². The number of carbonyl (C=O) groups is 1. The smallest absolute Gasteiger partial charge is 0.255 e. The van der Waals surface area contributed by atoms with Gasteiger partial charge in [0.15, 0.2) is 9.84 Å². The molecule has 0 heterocycles. The van der Waals surface area contributed by atoms with Crippen LogP contribution in [0.2, 0.25) is 0 Å². The molecule has 0 spiro atoms. The summed E-state index contributed by atoms with van der Waals surface area (Å²) in [5.41, 5.74) is 2.03. The molecule has 1 N–H and O–H groups in total. The molecule has 2 rings (SSSR count). The Morgan fingerprint density at radius 3 is 2.30 bits per heavy atom. The van der Waals surface area contributed by atoms with Crippen LogP contribution in [-0.4, -0.2) is 34.2 Å². The van der Waals surface area contributed by atoms with Gasteiger partial charge in [-0.15, -0.1) is 0 Å². The molecule has 122 valence electrons. The first-order valence-electron chi connectivity index (χ1n) is 7.25. The minimum Gasteiger partial charge on any atom is -0.378 e. The van der Waals surface area contributed by atoms with Gasteiger partial charge in [0.05, 0.1) is 10.6 Å². The molecule has 23 heavy (non-hydrogen) atoms. The number of anilines is 2. The molecule has 2 aromatic carbocycles. The normalized spacial score (nSPS) is 11.1. The lowest BCUT2D eigenvalue weighted by Crippen LogP contribution is -2.14. The van der Waals surface area contributed by atoms with E-state index in [4.69, 9.17) is 0 Å². The van der Waals surface area contributed by atoms with Gasteiger partial charge in [-0.2, -0.15) is 0 Å². The number of benzene rings is 2. The van der Waals surface area contributed by atoms with Crippen molar-refractivity contribution in [3.63, 3.8) is 0 Å². The minimum absolute atomic E-state index is 0.0516. The van der Waals surface area contributed by atoms with Crippen molar-refractivity contribution in [1.29, 1.82) is 0 Å². The maximum atomic E-state index is 12.3. The molecule has 0 aliphatic heterocycles. The van der Waals surface area contributed by atoms with Crippen LogP contribution in [-0.2, 0) is 9.84 Å². The van der Waals surface area contributed by atoms with Gasteiger partial charge in [0.25, 0.3) is 5.91 Å². The zero-order chi connectivity index (χ0) is 17.0. The van der Waals surface area contributed by atoms with Crippen LogP contribution in [0.15, 0.2) is 53.4 Å². The highest BCUT2D eigenvalue weighted by atomic mass is 32.2. The second-order valence-corrected chi connectivity index (χ2v) is 7.60. The Balaban J connectivity index is 2.16. The van der Waals surface area contributed by atoms with Crippen molar-refractivity contribution in [2.24, 2.45) is 0 Å². The standard InChI is InChI=1S/C17H20N2O3S/c1-4-23(21,22)16-10-8-14(9-11-16)18-17(20)13-6-5-7-15(12-13)19(2)3/h5-12H,4H2,1-3H3,(H,18,20). The maximum Gasteiger partial charge on any atom is 0.255 e. The third kappa shape index (κ3) is 4.10. The lowest BCUT2D eigenvalue weighted by Gasteiger charge is -2.13. The monoisotopic (exact) mass is 332 g/mol. The van der Waals surface area contributed by atoms with Crippen molar-refractivity contribution in [2.75, 3.05) is 30.1 Å². The van der Waals surface area contributed by atoms with Crippen LogP contribution in [0.5, 0.6) is 0 Å². The van der Waals surface area contributed by atoms with E-state index in [1.54, 1.807) is 31.2 Å². The number of carbonyl (C=O) groups excluding carboxylic acids is 1. The molecule has 0 saturated carbocycles. The van der Waals surface area contributed by atoms with Crippen molar-refractivity contribution in [1.82, 2.24) is 0 Å². The number of rotatable bonds is 5. The van der Waals surface area contributed by atoms with E-state index in [9.17, 15) is 13.2 Å². The SMILES string of the molecule is CCS(=O)(=O)c1ccc(NC(=O)c2cccc(N(C)C)c2)cc1. The minimum atomic E-state index is -3.23. The second kappa shape index (κ2) is 6.83. The fourth-order valence-electron chi connectivity index (χ4n) is 2.04. The number of sulfone groups is 1. The van der Waals surface area contributed by atoms with Crippen LogP contribution < -0.4 is 10.2 Å². The van der Waals surface area contributed by atoms with Crippen LogP contribution >= 0.6 is 0 Å². The van der Waals surface area contributed by atoms with Crippen LogP contribution in [0.4, 0.5) is 11.4 Å². The quantitative estimate of drug-likeness (QED) is 0.914. The Morgan fingerprint density at radius 1 is 1.09 bits per heavy atom. The first-order valence-corrected chi connectivity index (χ1v) is 8.90. The highest BCUT2D eigenvalue weighted by Gasteiger charge is 2.12. The number of nitrogens with zero attached hydrogens (tertiary/aromatic N) is 1. The van der Waals surface area contributed by atoms with E-state index < -0.39 is 9.84 Å². The van der Waals surface area contributed by atoms with E-state index in [0.717, 1.165) is 5.69 Å². The van der Waals surface area contributed by atoms with Crippen molar-refractivity contribution in [2.45, 2.75) is 11.8 Å². The molecule has 1 amide bonds. The third-order valence-corrected chi connectivity index (χ3v) is 5.23. The topological polar surface area (TPSA) is 66.5 Å².